The van der Waals surface area contributed by atoms with Gasteiger partial charge in [-0.1, -0.05) is 5.21 Å². The average molecular weight is 280 g/mol. The van der Waals surface area contributed by atoms with Crippen molar-refractivity contribution in [2.24, 2.45) is 5.92 Å². The molecule has 20 heavy (non-hydrogen) atoms. The molecule has 0 radical (unpaired) electrons. The maximum absolute atomic E-state index is 11.6. The summed E-state index contributed by atoms with van der Waals surface area (Å²) in [6.45, 7) is 1.47. The van der Waals surface area contributed by atoms with Gasteiger partial charge in [0.25, 0.3) is 0 Å². The number of amides is 2. The largest absolute Gasteiger partial charge is 0.353 e. The van der Waals surface area contributed by atoms with E-state index in [1.807, 2.05) is 19.0 Å². The first-order valence-electron chi connectivity index (χ1n) is 6.67. The molecule has 0 unspecified atom stereocenters. The number of rotatable bonds is 7. The lowest BCUT2D eigenvalue weighted by Gasteiger charge is -2.10. The lowest BCUT2D eigenvalue weighted by atomic mass is 10.4. The maximum Gasteiger partial charge on any atom is 0.241 e. The third-order valence-electron chi connectivity index (χ3n) is 2.92. The Morgan fingerprint density at radius 1 is 1.45 bits per heavy atom. The molecule has 2 rings (SSSR count). The molecular formula is C12H20N6O2. The van der Waals surface area contributed by atoms with Gasteiger partial charge >= 0.3 is 0 Å². The molecule has 1 fully saturated rings. The zero-order valence-corrected chi connectivity index (χ0v) is 11.8. The maximum atomic E-state index is 11.6. The highest BCUT2D eigenvalue weighted by Crippen LogP contribution is 2.29. The van der Waals surface area contributed by atoms with Crippen molar-refractivity contribution in [3.8, 4) is 0 Å². The minimum atomic E-state index is -0.128. The number of hydrogen-bond acceptors (Lipinski definition) is 5. The standard InChI is InChI=1S/C12H20N6O2/c1-17(2)6-5-13-11(19)8-18-7-10(15-16-18)14-12(20)9-3-4-9/h7,9H,3-6,8H2,1-2H3,(H,13,19)(H,14,20). The SMILES string of the molecule is CN(C)CCNC(=O)Cn1cc(NC(=O)C2CC2)nn1. The quantitative estimate of drug-likeness (QED) is 0.689. The fourth-order valence-corrected chi connectivity index (χ4v) is 1.63. The van der Waals surface area contributed by atoms with Gasteiger partial charge in [-0.2, -0.15) is 0 Å². The number of nitrogens with one attached hydrogen (secondary N) is 2. The van der Waals surface area contributed by atoms with Crippen LogP contribution < -0.4 is 10.6 Å². The highest BCUT2D eigenvalue weighted by molar-refractivity contribution is 5.93. The third kappa shape index (κ3) is 4.61. The number of aromatic nitrogens is 3. The smallest absolute Gasteiger partial charge is 0.241 e. The van der Waals surface area contributed by atoms with Gasteiger partial charge < -0.3 is 15.5 Å². The van der Waals surface area contributed by atoms with Crippen LogP contribution in [0.25, 0.3) is 0 Å². The van der Waals surface area contributed by atoms with E-state index in [9.17, 15) is 9.59 Å². The van der Waals surface area contributed by atoms with E-state index in [0.717, 1.165) is 19.4 Å². The van der Waals surface area contributed by atoms with Gasteiger partial charge in [0.05, 0.1) is 6.20 Å². The molecule has 1 saturated carbocycles. The van der Waals surface area contributed by atoms with E-state index in [0.29, 0.717) is 12.4 Å². The van der Waals surface area contributed by atoms with Gasteiger partial charge in [-0.05, 0) is 26.9 Å². The molecule has 8 heteroatoms. The molecule has 1 aromatic heterocycles. The summed E-state index contributed by atoms with van der Waals surface area (Å²) in [6, 6.07) is 0. The van der Waals surface area contributed by atoms with Crippen molar-refractivity contribution in [3.05, 3.63) is 6.20 Å². The number of anilines is 1. The van der Waals surface area contributed by atoms with Gasteiger partial charge in [0.1, 0.15) is 6.54 Å². The van der Waals surface area contributed by atoms with E-state index in [1.54, 1.807) is 6.20 Å². The van der Waals surface area contributed by atoms with Gasteiger partial charge in [-0.3, -0.25) is 9.59 Å². The number of hydrogen-bond donors (Lipinski definition) is 2. The van der Waals surface area contributed by atoms with Crippen LogP contribution in [0, 0.1) is 5.92 Å². The molecule has 1 aliphatic carbocycles. The molecule has 0 bridgehead atoms. The first-order valence-corrected chi connectivity index (χ1v) is 6.67. The second-order valence-corrected chi connectivity index (χ2v) is 5.22. The zero-order chi connectivity index (χ0) is 14.5. The monoisotopic (exact) mass is 280 g/mol. The normalized spacial score (nSPS) is 14.3. The topological polar surface area (TPSA) is 92.2 Å². The van der Waals surface area contributed by atoms with E-state index in [-0.39, 0.29) is 24.3 Å². The van der Waals surface area contributed by atoms with Gasteiger partial charge in [0.2, 0.25) is 11.8 Å². The first kappa shape index (κ1) is 14.4. The van der Waals surface area contributed by atoms with E-state index in [4.69, 9.17) is 0 Å². The van der Waals surface area contributed by atoms with Crippen molar-refractivity contribution >= 4 is 17.6 Å². The summed E-state index contributed by atoms with van der Waals surface area (Å²) in [7, 11) is 3.89. The molecule has 2 amide bonds. The summed E-state index contributed by atoms with van der Waals surface area (Å²) in [4.78, 5) is 25.2. The summed E-state index contributed by atoms with van der Waals surface area (Å²) < 4.78 is 1.41. The van der Waals surface area contributed by atoms with Crippen LogP contribution in [-0.4, -0.2) is 58.9 Å². The van der Waals surface area contributed by atoms with E-state index in [1.165, 1.54) is 4.68 Å². The fourth-order valence-electron chi connectivity index (χ4n) is 1.63. The molecule has 1 aliphatic rings. The molecule has 0 spiro atoms. The van der Waals surface area contributed by atoms with Crippen molar-refractivity contribution in [2.75, 3.05) is 32.5 Å². The average Bonchev–Trinajstić information content (AvgIpc) is 3.13. The molecule has 0 aromatic carbocycles. The molecule has 110 valence electrons. The molecule has 0 aliphatic heterocycles. The minimum absolute atomic E-state index is 0.0208. The summed E-state index contributed by atoms with van der Waals surface area (Å²) in [5.41, 5.74) is 0. The fraction of sp³-hybridized carbons (Fsp3) is 0.667. The van der Waals surface area contributed by atoms with Crippen LogP contribution in [0.1, 0.15) is 12.8 Å². The van der Waals surface area contributed by atoms with Crippen LogP contribution in [0.5, 0.6) is 0 Å². The molecule has 2 N–H and O–H groups in total. The molecule has 0 saturated heterocycles. The lowest BCUT2D eigenvalue weighted by molar-refractivity contribution is -0.122. The number of carbonyl (C=O) groups is 2. The van der Waals surface area contributed by atoms with Gasteiger partial charge in [0, 0.05) is 19.0 Å². The molecular weight excluding hydrogens is 260 g/mol. The summed E-state index contributed by atoms with van der Waals surface area (Å²) in [5.74, 6) is 0.363. The van der Waals surface area contributed by atoms with Crippen LogP contribution in [0.4, 0.5) is 5.82 Å². The van der Waals surface area contributed by atoms with Crippen LogP contribution in [-0.2, 0) is 16.1 Å². The Hall–Kier alpha value is -1.96. The number of likely N-dealkylation sites (N-methyl/N-ethyl adjacent to an activating group) is 1. The lowest BCUT2D eigenvalue weighted by Crippen LogP contribution is -2.33. The van der Waals surface area contributed by atoms with Crippen molar-refractivity contribution in [1.29, 1.82) is 0 Å². The highest BCUT2D eigenvalue weighted by Gasteiger charge is 2.30. The molecule has 0 atom stereocenters. The second kappa shape index (κ2) is 6.47. The van der Waals surface area contributed by atoms with E-state index >= 15 is 0 Å². The molecule has 8 nitrogen and oxygen atoms in total. The van der Waals surface area contributed by atoms with Gasteiger partial charge in [-0.25, -0.2) is 4.68 Å². The Morgan fingerprint density at radius 3 is 2.85 bits per heavy atom. The van der Waals surface area contributed by atoms with E-state index in [2.05, 4.69) is 20.9 Å². The van der Waals surface area contributed by atoms with Crippen molar-refractivity contribution in [2.45, 2.75) is 19.4 Å². The molecule has 1 aromatic rings. The number of nitrogens with zero attached hydrogens (tertiary/aromatic N) is 4. The second-order valence-electron chi connectivity index (χ2n) is 5.22. The Morgan fingerprint density at radius 2 is 2.20 bits per heavy atom. The third-order valence-corrected chi connectivity index (χ3v) is 2.92. The van der Waals surface area contributed by atoms with Crippen LogP contribution in [0.15, 0.2) is 6.20 Å². The highest BCUT2D eigenvalue weighted by atomic mass is 16.2. The number of carbonyl (C=O) groups excluding carboxylic acids is 2. The van der Waals surface area contributed by atoms with Crippen molar-refractivity contribution in [1.82, 2.24) is 25.2 Å². The van der Waals surface area contributed by atoms with Gasteiger partial charge in [0.15, 0.2) is 5.82 Å². The minimum Gasteiger partial charge on any atom is -0.353 e. The summed E-state index contributed by atoms with van der Waals surface area (Å²) in [6.07, 6.45) is 3.44. The van der Waals surface area contributed by atoms with Crippen molar-refractivity contribution in [3.63, 3.8) is 0 Å². The first-order chi connectivity index (χ1) is 9.54. The van der Waals surface area contributed by atoms with Crippen LogP contribution >= 0.6 is 0 Å². The van der Waals surface area contributed by atoms with Crippen LogP contribution in [0.2, 0.25) is 0 Å². The Balaban J connectivity index is 1.74. The Bertz CT molecular complexity index is 480. The summed E-state index contributed by atoms with van der Waals surface area (Å²) >= 11 is 0. The Kier molecular flexibility index (Phi) is 4.67. The zero-order valence-electron chi connectivity index (χ0n) is 11.8. The predicted molar refractivity (Wildman–Crippen MR) is 72.9 cm³/mol. The van der Waals surface area contributed by atoms with E-state index < -0.39 is 0 Å². The summed E-state index contributed by atoms with van der Waals surface area (Å²) in [5, 5.41) is 13.1. The van der Waals surface area contributed by atoms with Crippen molar-refractivity contribution < 1.29 is 9.59 Å². The predicted octanol–water partition coefficient (Wildman–Crippen LogP) is -0.696. The van der Waals surface area contributed by atoms with Gasteiger partial charge in [-0.15, -0.1) is 5.10 Å². The van der Waals surface area contributed by atoms with Crippen LogP contribution in [0.3, 0.4) is 0 Å². The Labute approximate surface area is 117 Å². The molecule has 1 heterocycles.